The molecule has 2 aromatic rings. The van der Waals surface area contributed by atoms with Crippen molar-refractivity contribution in [2.24, 2.45) is 5.92 Å². The fourth-order valence-electron chi connectivity index (χ4n) is 3.93. The molecule has 1 N–H and O–H groups in total. The van der Waals surface area contributed by atoms with Gasteiger partial charge in [-0.05, 0) is 38.1 Å². The molecule has 2 saturated heterocycles. The predicted molar refractivity (Wildman–Crippen MR) is 107 cm³/mol. The summed E-state index contributed by atoms with van der Waals surface area (Å²) in [6, 6.07) is 9.87. The molecule has 0 radical (unpaired) electrons. The Kier molecular flexibility index (Phi) is 6.11. The average Bonchev–Trinajstić information content (AvgIpc) is 3.18. The van der Waals surface area contributed by atoms with Crippen molar-refractivity contribution in [2.75, 3.05) is 31.6 Å². The quantitative estimate of drug-likeness (QED) is 0.853. The predicted octanol–water partition coefficient (Wildman–Crippen LogP) is 3.42. The molecule has 1 aromatic heterocycles. The number of hydrogen-bond donors (Lipinski definition) is 1. The fourth-order valence-corrected chi connectivity index (χ4v) is 4.68. The van der Waals surface area contributed by atoms with Gasteiger partial charge in [0.1, 0.15) is 5.01 Å². The van der Waals surface area contributed by atoms with Gasteiger partial charge in [-0.25, -0.2) is 0 Å². The molecule has 4 rings (SSSR count). The molecule has 0 spiro atoms. The van der Waals surface area contributed by atoms with E-state index in [-0.39, 0.29) is 11.9 Å². The van der Waals surface area contributed by atoms with Crippen molar-refractivity contribution in [1.29, 1.82) is 0 Å². The molecule has 7 heteroatoms. The van der Waals surface area contributed by atoms with E-state index in [4.69, 9.17) is 4.74 Å². The molecule has 2 aliphatic rings. The first kappa shape index (κ1) is 18.5. The van der Waals surface area contributed by atoms with Gasteiger partial charge in [-0.15, -0.1) is 10.2 Å². The Balaban J connectivity index is 1.39. The second kappa shape index (κ2) is 8.91. The van der Waals surface area contributed by atoms with Gasteiger partial charge in [0.2, 0.25) is 11.0 Å². The number of carbonyl (C=O) groups excluding carboxylic acids is 1. The van der Waals surface area contributed by atoms with Gasteiger partial charge in [0.15, 0.2) is 0 Å². The minimum absolute atomic E-state index is 0.0533. The van der Waals surface area contributed by atoms with Crippen molar-refractivity contribution in [3.8, 4) is 10.6 Å². The lowest BCUT2D eigenvalue weighted by molar-refractivity contribution is -0.122. The lowest BCUT2D eigenvalue weighted by Crippen LogP contribution is -2.49. The number of benzene rings is 1. The van der Waals surface area contributed by atoms with Crippen LogP contribution in [0.2, 0.25) is 0 Å². The highest BCUT2D eigenvalue weighted by Crippen LogP contribution is 2.27. The number of piperidine rings is 1. The van der Waals surface area contributed by atoms with E-state index in [1.807, 2.05) is 30.3 Å². The molecule has 1 aromatic carbocycles. The standard InChI is InChI=1S/C20H26N4O2S/c25-18(21-20-23-22-19(27-20)16-6-2-1-3-7-16)17-8-4-5-11-24(17)14-15-9-12-26-13-10-15/h1-3,6-7,15,17H,4-5,8-14H2,(H,21,23,25). The second-order valence-electron chi connectivity index (χ2n) is 7.33. The first-order valence-corrected chi connectivity index (χ1v) is 10.6. The number of carbonyl (C=O) groups is 1. The molecule has 0 bridgehead atoms. The van der Waals surface area contributed by atoms with Crippen LogP contribution in [0.5, 0.6) is 0 Å². The minimum Gasteiger partial charge on any atom is -0.381 e. The summed E-state index contributed by atoms with van der Waals surface area (Å²) in [6.45, 7) is 3.69. The van der Waals surface area contributed by atoms with Crippen molar-refractivity contribution in [2.45, 2.75) is 38.1 Å². The van der Waals surface area contributed by atoms with Gasteiger partial charge in [0, 0.05) is 25.3 Å². The van der Waals surface area contributed by atoms with Crippen LogP contribution < -0.4 is 5.32 Å². The molecule has 2 aliphatic heterocycles. The normalized spacial score (nSPS) is 21.9. The van der Waals surface area contributed by atoms with Crippen LogP contribution in [0.15, 0.2) is 30.3 Å². The van der Waals surface area contributed by atoms with Gasteiger partial charge >= 0.3 is 0 Å². The third-order valence-electron chi connectivity index (χ3n) is 5.43. The van der Waals surface area contributed by atoms with Crippen LogP contribution in [-0.4, -0.2) is 53.3 Å². The zero-order chi connectivity index (χ0) is 18.5. The lowest BCUT2D eigenvalue weighted by atomic mass is 9.95. The number of nitrogens with one attached hydrogen (secondary N) is 1. The first-order valence-electron chi connectivity index (χ1n) is 9.81. The molecular formula is C20H26N4O2S. The van der Waals surface area contributed by atoms with E-state index in [2.05, 4.69) is 20.4 Å². The Morgan fingerprint density at radius 3 is 2.78 bits per heavy atom. The van der Waals surface area contributed by atoms with Gasteiger partial charge in [-0.3, -0.25) is 15.0 Å². The highest BCUT2D eigenvalue weighted by molar-refractivity contribution is 7.18. The number of likely N-dealkylation sites (tertiary alicyclic amines) is 1. The molecule has 0 saturated carbocycles. The Labute approximate surface area is 163 Å². The molecule has 27 heavy (non-hydrogen) atoms. The number of rotatable bonds is 5. The van der Waals surface area contributed by atoms with Crippen molar-refractivity contribution >= 4 is 22.4 Å². The average molecular weight is 387 g/mol. The van der Waals surface area contributed by atoms with Crippen molar-refractivity contribution in [3.63, 3.8) is 0 Å². The van der Waals surface area contributed by atoms with Crippen LogP contribution >= 0.6 is 11.3 Å². The monoisotopic (exact) mass is 386 g/mol. The van der Waals surface area contributed by atoms with E-state index in [0.29, 0.717) is 11.0 Å². The first-order chi connectivity index (χ1) is 13.3. The lowest BCUT2D eigenvalue weighted by Gasteiger charge is -2.37. The Bertz CT molecular complexity index is 745. The zero-order valence-electron chi connectivity index (χ0n) is 15.5. The van der Waals surface area contributed by atoms with Gasteiger partial charge in [0.25, 0.3) is 0 Å². The van der Waals surface area contributed by atoms with Gasteiger partial charge in [-0.2, -0.15) is 0 Å². The number of nitrogens with zero attached hydrogens (tertiary/aromatic N) is 3. The minimum atomic E-state index is -0.0642. The Morgan fingerprint density at radius 1 is 1.15 bits per heavy atom. The molecule has 1 unspecified atom stereocenters. The van der Waals surface area contributed by atoms with Crippen LogP contribution in [0.1, 0.15) is 32.1 Å². The molecule has 1 amide bonds. The number of anilines is 1. The summed E-state index contributed by atoms with van der Waals surface area (Å²) in [6.07, 6.45) is 5.39. The van der Waals surface area contributed by atoms with Crippen LogP contribution in [0.3, 0.4) is 0 Å². The third kappa shape index (κ3) is 4.72. The third-order valence-corrected chi connectivity index (χ3v) is 6.31. The summed E-state index contributed by atoms with van der Waals surface area (Å²) in [4.78, 5) is 15.3. The van der Waals surface area contributed by atoms with E-state index in [1.54, 1.807) is 0 Å². The summed E-state index contributed by atoms with van der Waals surface area (Å²) in [5.74, 6) is 0.691. The Morgan fingerprint density at radius 2 is 1.96 bits per heavy atom. The summed E-state index contributed by atoms with van der Waals surface area (Å²) in [7, 11) is 0. The Hall–Kier alpha value is -1.83. The largest absolute Gasteiger partial charge is 0.381 e. The van der Waals surface area contributed by atoms with Gasteiger partial charge in [-0.1, -0.05) is 48.1 Å². The van der Waals surface area contributed by atoms with Crippen molar-refractivity contribution in [3.05, 3.63) is 30.3 Å². The van der Waals surface area contributed by atoms with E-state index in [1.165, 1.54) is 17.8 Å². The van der Waals surface area contributed by atoms with Gasteiger partial charge in [0.05, 0.1) is 6.04 Å². The fraction of sp³-hybridized carbons (Fsp3) is 0.550. The number of amides is 1. The highest BCUT2D eigenvalue weighted by atomic mass is 32.1. The maximum absolute atomic E-state index is 12.9. The molecule has 0 aliphatic carbocycles. The zero-order valence-corrected chi connectivity index (χ0v) is 16.3. The summed E-state index contributed by atoms with van der Waals surface area (Å²) >= 11 is 1.43. The van der Waals surface area contributed by atoms with Crippen LogP contribution in [0.25, 0.3) is 10.6 Å². The van der Waals surface area contributed by atoms with Crippen molar-refractivity contribution < 1.29 is 9.53 Å². The maximum atomic E-state index is 12.9. The van der Waals surface area contributed by atoms with Crippen LogP contribution in [-0.2, 0) is 9.53 Å². The number of ether oxygens (including phenoxy) is 1. The highest BCUT2D eigenvalue weighted by Gasteiger charge is 2.31. The molecule has 1 atom stereocenters. The summed E-state index contributed by atoms with van der Waals surface area (Å²) < 4.78 is 5.47. The maximum Gasteiger partial charge on any atom is 0.243 e. The SMILES string of the molecule is O=C(Nc1nnc(-c2ccccc2)s1)C1CCCCN1CC1CCOCC1. The van der Waals surface area contributed by atoms with E-state index < -0.39 is 0 Å². The van der Waals surface area contributed by atoms with E-state index in [9.17, 15) is 4.79 Å². The number of hydrogen-bond acceptors (Lipinski definition) is 6. The molecule has 6 nitrogen and oxygen atoms in total. The number of aromatic nitrogens is 2. The molecule has 3 heterocycles. The van der Waals surface area contributed by atoms with Crippen LogP contribution in [0.4, 0.5) is 5.13 Å². The van der Waals surface area contributed by atoms with Crippen LogP contribution in [0, 0.1) is 5.92 Å². The second-order valence-corrected chi connectivity index (χ2v) is 8.31. The van der Waals surface area contributed by atoms with Crippen molar-refractivity contribution in [1.82, 2.24) is 15.1 Å². The van der Waals surface area contributed by atoms with E-state index >= 15 is 0 Å². The summed E-state index contributed by atoms with van der Waals surface area (Å²) in [5.41, 5.74) is 1.02. The van der Waals surface area contributed by atoms with E-state index in [0.717, 1.165) is 62.6 Å². The molecule has 2 fully saturated rings. The van der Waals surface area contributed by atoms with Gasteiger partial charge < -0.3 is 4.74 Å². The topological polar surface area (TPSA) is 67.4 Å². The smallest absolute Gasteiger partial charge is 0.243 e. The molecule has 144 valence electrons. The summed E-state index contributed by atoms with van der Waals surface area (Å²) in [5, 5.41) is 12.8. The molecular weight excluding hydrogens is 360 g/mol.